The molecule has 0 atom stereocenters. The Morgan fingerprint density at radius 2 is 1.78 bits per heavy atom. The van der Waals surface area contributed by atoms with Crippen molar-refractivity contribution in [1.82, 2.24) is 0 Å². The summed E-state index contributed by atoms with van der Waals surface area (Å²) >= 11 is 0. The number of halogens is 1. The third-order valence-corrected chi connectivity index (χ3v) is 3.06. The van der Waals surface area contributed by atoms with E-state index in [0.29, 0.717) is 17.7 Å². The van der Waals surface area contributed by atoms with Gasteiger partial charge in [-0.1, -0.05) is 6.07 Å². The van der Waals surface area contributed by atoms with Crippen molar-refractivity contribution >= 4 is 5.78 Å². The van der Waals surface area contributed by atoms with Crippen molar-refractivity contribution < 1.29 is 13.9 Å². The summed E-state index contributed by atoms with van der Waals surface area (Å²) in [5.41, 5.74) is 2.64. The Morgan fingerprint density at radius 3 is 2.56 bits per heavy atom. The molecule has 0 N–H and O–H groups in total. The maximum Gasteiger partial charge on any atom is 0.194 e. The summed E-state index contributed by atoms with van der Waals surface area (Å²) in [4.78, 5) is 12.1. The normalized spacial score (nSPS) is 12.2. The zero-order valence-corrected chi connectivity index (χ0v) is 9.87. The summed E-state index contributed by atoms with van der Waals surface area (Å²) < 4.78 is 18.6. The van der Waals surface area contributed by atoms with E-state index < -0.39 is 0 Å². The molecule has 0 amide bonds. The van der Waals surface area contributed by atoms with Gasteiger partial charge in [-0.05, 0) is 48.4 Å². The minimum absolute atomic E-state index is 0.123. The van der Waals surface area contributed by atoms with Gasteiger partial charge in [0.25, 0.3) is 0 Å². The van der Waals surface area contributed by atoms with Crippen LogP contribution in [0, 0.1) is 5.82 Å². The molecule has 0 spiro atoms. The number of fused-ring (bicyclic) bond motifs is 3. The van der Waals surface area contributed by atoms with Gasteiger partial charge in [-0.25, -0.2) is 4.39 Å². The molecule has 2 aromatic carbocycles. The van der Waals surface area contributed by atoms with E-state index in [4.69, 9.17) is 4.74 Å². The van der Waals surface area contributed by atoms with Crippen molar-refractivity contribution in [2.45, 2.75) is 6.92 Å². The topological polar surface area (TPSA) is 26.3 Å². The number of benzene rings is 2. The van der Waals surface area contributed by atoms with Gasteiger partial charge in [0.1, 0.15) is 11.6 Å². The molecule has 0 bridgehead atoms. The number of ketones is 1. The molecule has 3 heteroatoms. The van der Waals surface area contributed by atoms with E-state index in [1.807, 2.05) is 13.0 Å². The third kappa shape index (κ3) is 1.51. The van der Waals surface area contributed by atoms with E-state index in [-0.39, 0.29) is 11.6 Å². The molecule has 0 aliphatic heterocycles. The third-order valence-electron chi connectivity index (χ3n) is 3.06. The zero-order valence-electron chi connectivity index (χ0n) is 9.87. The molecule has 2 nitrogen and oxygen atoms in total. The van der Waals surface area contributed by atoms with Crippen LogP contribution in [0.3, 0.4) is 0 Å². The molecule has 18 heavy (non-hydrogen) atoms. The maximum atomic E-state index is 13.2. The number of carbonyl (C=O) groups excluding carboxylic acids is 1. The highest BCUT2D eigenvalue weighted by Gasteiger charge is 2.27. The second-order valence-electron chi connectivity index (χ2n) is 4.16. The lowest BCUT2D eigenvalue weighted by molar-refractivity contribution is 0.104. The highest BCUT2D eigenvalue weighted by Crippen LogP contribution is 2.38. The standard InChI is InChI=1S/C15H11FO2/c1-2-18-10-4-6-12-13(8-10)11-5-3-9(16)7-14(11)15(12)17/h3-8H,2H2,1H3. The summed E-state index contributed by atoms with van der Waals surface area (Å²) in [6.07, 6.45) is 0. The molecule has 0 radical (unpaired) electrons. The molecule has 1 aliphatic rings. The first-order chi connectivity index (χ1) is 8.70. The van der Waals surface area contributed by atoms with Crippen LogP contribution in [0.15, 0.2) is 36.4 Å². The average molecular weight is 242 g/mol. The van der Waals surface area contributed by atoms with Crippen molar-refractivity contribution in [3.05, 3.63) is 53.3 Å². The molecule has 0 heterocycles. The first kappa shape index (κ1) is 11.0. The van der Waals surface area contributed by atoms with E-state index in [2.05, 4.69) is 0 Å². The summed E-state index contributed by atoms with van der Waals surface area (Å²) in [6, 6.07) is 9.64. The second-order valence-corrected chi connectivity index (χ2v) is 4.16. The van der Waals surface area contributed by atoms with Gasteiger partial charge in [0.15, 0.2) is 5.78 Å². The number of hydrogen-bond acceptors (Lipinski definition) is 2. The van der Waals surface area contributed by atoms with Gasteiger partial charge in [0.2, 0.25) is 0 Å². The minimum atomic E-state index is -0.389. The molecule has 3 rings (SSSR count). The van der Waals surface area contributed by atoms with E-state index in [9.17, 15) is 9.18 Å². The predicted octanol–water partition coefficient (Wildman–Crippen LogP) is 3.44. The molecule has 0 fully saturated rings. The van der Waals surface area contributed by atoms with E-state index in [1.165, 1.54) is 12.1 Å². The monoisotopic (exact) mass is 242 g/mol. The first-order valence-electron chi connectivity index (χ1n) is 5.82. The van der Waals surface area contributed by atoms with Crippen LogP contribution in [0.25, 0.3) is 11.1 Å². The van der Waals surface area contributed by atoms with Crippen LogP contribution in [0.2, 0.25) is 0 Å². The highest BCUT2D eigenvalue weighted by atomic mass is 19.1. The SMILES string of the molecule is CCOc1ccc2c(c1)-c1ccc(F)cc1C2=O. The summed E-state index contributed by atoms with van der Waals surface area (Å²) in [5, 5.41) is 0. The highest BCUT2D eigenvalue weighted by molar-refractivity contribution is 6.21. The number of hydrogen-bond donors (Lipinski definition) is 0. The Bertz CT molecular complexity index is 647. The van der Waals surface area contributed by atoms with Crippen molar-refractivity contribution in [1.29, 1.82) is 0 Å². The Balaban J connectivity index is 2.19. The van der Waals surface area contributed by atoms with Crippen LogP contribution in [0.4, 0.5) is 4.39 Å². The molecule has 0 saturated carbocycles. The summed E-state index contributed by atoms with van der Waals surface area (Å²) in [5.74, 6) is 0.212. The Labute approximate surface area is 104 Å². The average Bonchev–Trinajstić information content (AvgIpc) is 2.63. The van der Waals surface area contributed by atoms with Crippen molar-refractivity contribution in [2.24, 2.45) is 0 Å². The van der Waals surface area contributed by atoms with Gasteiger partial charge < -0.3 is 4.74 Å². The van der Waals surface area contributed by atoms with Gasteiger partial charge in [0.05, 0.1) is 6.61 Å². The zero-order chi connectivity index (χ0) is 12.7. The van der Waals surface area contributed by atoms with Crippen LogP contribution in [-0.4, -0.2) is 12.4 Å². The molecule has 2 aromatic rings. The lowest BCUT2D eigenvalue weighted by Gasteiger charge is -2.05. The summed E-state index contributed by atoms with van der Waals surface area (Å²) in [7, 11) is 0. The van der Waals surface area contributed by atoms with Crippen molar-refractivity contribution in [3.8, 4) is 16.9 Å². The minimum Gasteiger partial charge on any atom is -0.494 e. The molecule has 0 unspecified atom stereocenters. The lowest BCUT2D eigenvalue weighted by atomic mass is 10.1. The van der Waals surface area contributed by atoms with Crippen LogP contribution < -0.4 is 4.74 Å². The second kappa shape index (κ2) is 3.95. The molecular weight excluding hydrogens is 231 g/mol. The van der Waals surface area contributed by atoms with Crippen LogP contribution in [0.5, 0.6) is 5.75 Å². The Kier molecular flexibility index (Phi) is 2.40. The molecule has 90 valence electrons. The van der Waals surface area contributed by atoms with Crippen molar-refractivity contribution in [3.63, 3.8) is 0 Å². The fourth-order valence-electron chi connectivity index (χ4n) is 2.28. The largest absolute Gasteiger partial charge is 0.494 e. The number of rotatable bonds is 2. The lowest BCUT2D eigenvalue weighted by Crippen LogP contribution is -1.96. The first-order valence-corrected chi connectivity index (χ1v) is 5.82. The smallest absolute Gasteiger partial charge is 0.194 e. The molecule has 1 aliphatic carbocycles. The molecular formula is C15H11FO2. The van der Waals surface area contributed by atoms with Gasteiger partial charge in [-0.2, -0.15) is 0 Å². The van der Waals surface area contributed by atoms with Crippen molar-refractivity contribution in [2.75, 3.05) is 6.61 Å². The Morgan fingerprint density at radius 1 is 1.00 bits per heavy atom. The van der Waals surface area contributed by atoms with Crippen LogP contribution in [0.1, 0.15) is 22.8 Å². The van der Waals surface area contributed by atoms with Crippen LogP contribution in [-0.2, 0) is 0 Å². The van der Waals surface area contributed by atoms with E-state index in [0.717, 1.165) is 16.9 Å². The van der Waals surface area contributed by atoms with Gasteiger partial charge >= 0.3 is 0 Å². The van der Waals surface area contributed by atoms with Crippen LogP contribution >= 0.6 is 0 Å². The Hall–Kier alpha value is -2.16. The van der Waals surface area contributed by atoms with E-state index in [1.54, 1.807) is 18.2 Å². The summed E-state index contributed by atoms with van der Waals surface area (Å²) in [6.45, 7) is 2.48. The fourth-order valence-corrected chi connectivity index (χ4v) is 2.28. The predicted molar refractivity (Wildman–Crippen MR) is 66.4 cm³/mol. The maximum absolute atomic E-state index is 13.2. The quantitative estimate of drug-likeness (QED) is 0.688. The fraction of sp³-hybridized carbons (Fsp3) is 0.133. The number of ether oxygens (including phenoxy) is 1. The number of carbonyl (C=O) groups is 1. The van der Waals surface area contributed by atoms with Gasteiger partial charge in [-0.15, -0.1) is 0 Å². The van der Waals surface area contributed by atoms with Gasteiger partial charge in [0, 0.05) is 11.1 Å². The van der Waals surface area contributed by atoms with E-state index >= 15 is 0 Å². The van der Waals surface area contributed by atoms with Gasteiger partial charge in [-0.3, -0.25) is 4.79 Å². The molecule has 0 saturated heterocycles. The molecule has 0 aromatic heterocycles.